The van der Waals surface area contributed by atoms with Crippen LogP contribution in [0.15, 0.2) is 30.3 Å². The molecule has 0 atom stereocenters. The number of likely N-dealkylation sites (N-methyl/N-ethyl adjacent to an activating group) is 1. The molecule has 2 heteroatoms. The first-order valence-corrected chi connectivity index (χ1v) is 4.36. The molecule has 0 heterocycles. The molecule has 1 aromatic rings. The van der Waals surface area contributed by atoms with Crippen LogP contribution in [0.25, 0.3) is 0 Å². The van der Waals surface area contributed by atoms with Gasteiger partial charge in [-0.25, -0.2) is 0 Å². The lowest BCUT2D eigenvalue weighted by Crippen LogP contribution is -2.44. The highest BCUT2D eigenvalue weighted by Crippen LogP contribution is 2.11. The molecule has 0 unspecified atom stereocenters. The van der Waals surface area contributed by atoms with Gasteiger partial charge in [-0.3, -0.25) is 4.79 Å². The van der Waals surface area contributed by atoms with E-state index in [1.807, 2.05) is 44.2 Å². The summed E-state index contributed by atoms with van der Waals surface area (Å²) >= 11 is 0. The van der Waals surface area contributed by atoms with Gasteiger partial charge >= 0.3 is 0 Å². The van der Waals surface area contributed by atoms with Gasteiger partial charge in [-0.1, -0.05) is 30.3 Å². The number of hydrogen-bond donors (Lipinski definition) is 1. The maximum absolute atomic E-state index is 11.8. The quantitative estimate of drug-likeness (QED) is 0.714. The number of carbonyl (C=O) groups excluding carboxylic acids is 1. The van der Waals surface area contributed by atoms with E-state index in [1.165, 1.54) is 0 Å². The summed E-state index contributed by atoms with van der Waals surface area (Å²) in [6, 6.07) is 9.32. The minimum Gasteiger partial charge on any atom is -0.308 e. The molecule has 0 radical (unpaired) electrons. The highest BCUT2D eigenvalue weighted by molar-refractivity contribution is 6.02. The maximum atomic E-state index is 11.8. The van der Waals surface area contributed by atoms with E-state index in [2.05, 4.69) is 5.32 Å². The molecule has 0 spiro atoms. The van der Waals surface area contributed by atoms with Crippen LogP contribution in [-0.4, -0.2) is 18.4 Å². The molecule has 0 aliphatic rings. The summed E-state index contributed by atoms with van der Waals surface area (Å²) in [6.07, 6.45) is 0. The van der Waals surface area contributed by atoms with E-state index >= 15 is 0 Å². The molecule has 13 heavy (non-hydrogen) atoms. The van der Waals surface area contributed by atoms with Crippen molar-refractivity contribution >= 4 is 5.78 Å². The van der Waals surface area contributed by atoms with Gasteiger partial charge in [0.2, 0.25) is 0 Å². The predicted octanol–water partition coefficient (Wildman–Crippen LogP) is 1.87. The lowest BCUT2D eigenvalue weighted by molar-refractivity contribution is 0.0889. The maximum Gasteiger partial charge on any atom is 0.182 e. The normalized spacial score (nSPS) is 11.3. The van der Waals surface area contributed by atoms with Gasteiger partial charge in [0.05, 0.1) is 5.54 Å². The van der Waals surface area contributed by atoms with Crippen molar-refractivity contribution in [2.45, 2.75) is 19.4 Å². The second-order valence-corrected chi connectivity index (χ2v) is 3.57. The highest BCUT2D eigenvalue weighted by Gasteiger charge is 2.25. The number of nitrogens with one attached hydrogen (secondary N) is 1. The summed E-state index contributed by atoms with van der Waals surface area (Å²) < 4.78 is 0. The Kier molecular flexibility index (Phi) is 2.83. The van der Waals surface area contributed by atoms with E-state index in [9.17, 15) is 4.79 Å². The lowest BCUT2D eigenvalue weighted by atomic mass is 9.93. The number of hydrogen-bond acceptors (Lipinski definition) is 2. The van der Waals surface area contributed by atoms with Crippen LogP contribution in [0, 0.1) is 0 Å². The van der Waals surface area contributed by atoms with Crippen molar-refractivity contribution in [3.05, 3.63) is 35.9 Å². The van der Waals surface area contributed by atoms with E-state index in [0.717, 1.165) is 5.56 Å². The Balaban J connectivity index is 2.93. The van der Waals surface area contributed by atoms with Crippen LogP contribution in [0.4, 0.5) is 0 Å². The smallest absolute Gasteiger partial charge is 0.182 e. The molecule has 2 nitrogen and oxygen atoms in total. The summed E-state index contributed by atoms with van der Waals surface area (Å²) in [6.45, 7) is 3.75. The fraction of sp³-hybridized carbons (Fsp3) is 0.364. The highest BCUT2D eigenvalue weighted by atomic mass is 16.1. The number of rotatable bonds is 3. The zero-order valence-corrected chi connectivity index (χ0v) is 8.29. The minimum absolute atomic E-state index is 0.121. The molecule has 1 N–H and O–H groups in total. The van der Waals surface area contributed by atoms with Gasteiger partial charge in [-0.2, -0.15) is 0 Å². The standard InChI is InChI=1S/C11H15NO/c1-11(2,12-3)10(13)9-7-5-4-6-8-9/h4-8,12H,1-3H3. The Morgan fingerprint density at radius 1 is 1.23 bits per heavy atom. The minimum atomic E-state index is -0.485. The Morgan fingerprint density at radius 3 is 2.23 bits per heavy atom. The summed E-state index contributed by atoms with van der Waals surface area (Å²) in [5, 5.41) is 2.99. The van der Waals surface area contributed by atoms with Crippen LogP contribution in [-0.2, 0) is 0 Å². The van der Waals surface area contributed by atoms with Crippen molar-refractivity contribution in [3.8, 4) is 0 Å². The molecule has 0 bridgehead atoms. The molecular weight excluding hydrogens is 162 g/mol. The molecule has 0 amide bonds. The molecule has 1 aromatic carbocycles. The molecule has 0 aliphatic carbocycles. The summed E-state index contributed by atoms with van der Waals surface area (Å²) in [4.78, 5) is 11.8. The monoisotopic (exact) mass is 177 g/mol. The van der Waals surface area contributed by atoms with E-state index in [1.54, 1.807) is 7.05 Å². The Hall–Kier alpha value is -1.15. The van der Waals surface area contributed by atoms with Gasteiger partial charge in [0.1, 0.15) is 0 Å². The van der Waals surface area contributed by atoms with Crippen molar-refractivity contribution < 1.29 is 4.79 Å². The van der Waals surface area contributed by atoms with E-state index < -0.39 is 5.54 Å². The third kappa shape index (κ3) is 2.16. The van der Waals surface area contributed by atoms with Crippen LogP contribution < -0.4 is 5.32 Å². The van der Waals surface area contributed by atoms with Crippen molar-refractivity contribution in [2.24, 2.45) is 0 Å². The SMILES string of the molecule is CNC(C)(C)C(=O)c1ccccc1. The topological polar surface area (TPSA) is 29.1 Å². The fourth-order valence-electron chi connectivity index (χ4n) is 1.06. The van der Waals surface area contributed by atoms with Gasteiger partial charge in [-0.05, 0) is 20.9 Å². The zero-order valence-electron chi connectivity index (χ0n) is 8.29. The van der Waals surface area contributed by atoms with Gasteiger partial charge in [0, 0.05) is 5.56 Å². The van der Waals surface area contributed by atoms with Crippen LogP contribution in [0.3, 0.4) is 0 Å². The first kappa shape index (κ1) is 9.93. The predicted molar refractivity (Wildman–Crippen MR) is 53.9 cm³/mol. The summed E-state index contributed by atoms with van der Waals surface area (Å²) in [5.41, 5.74) is 0.267. The number of carbonyl (C=O) groups is 1. The summed E-state index contributed by atoms with van der Waals surface area (Å²) in [7, 11) is 1.79. The molecule has 0 fully saturated rings. The third-order valence-electron chi connectivity index (χ3n) is 2.23. The molecule has 0 saturated carbocycles. The Morgan fingerprint density at radius 2 is 1.77 bits per heavy atom. The van der Waals surface area contributed by atoms with E-state index in [-0.39, 0.29) is 5.78 Å². The Labute approximate surface area is 79.0 Å². The van der Waals surface area contributed by atoms with E-state index in [0.29, 0.717) is 0 Å². The molecular formula is C11H15NO. The van der Waals surface area contributed by atoms with Gasteiger partial charge in [0.25, 0.3) is 0 Å². The lowest BCUT2D eigenvalue weighted by Gasteiger charge is -2.22. The van der Waals surface area contributed by atoms with Gasteiger partial charge in [0.15, 0.2) is 5.78 Å². The number of ketones is 1. The number of benzene rings is 1. The summed E-state index contributed by atoms with van der Waals surface area (Å²) in [5.74, 6) is 0.121. The average Bonchev–Trinajstić information content (AvgIpc) is 2.18. The Bertz CT molecular complexity index is 290. The van der Waals surface area contributed by atoms with Crippen LogP contribution in [0.2, 0.25) is 0 Å². The first-order chi connectivity index (χ1) is 6.08. The third-order valence-corrected chi connectivity index (χ3v) is 2.23. The van der Waals surface area contributed by atoms with Gasteiger partial charge in [-0.15, -0.1) is 0 Å². The van der Waals surface area contributed by atoms with Crippen molar-refractivity contribution in [1.29, 1.82) is 0 Å². The van der Waals surface area contributed by atoms with Crippen molar-refractivity contribution in [1.82, 2.24) is 5.32 Å². The molecule has 0 aliphatic heterocycles. The molecule has 0 saturated heterocycles. The average molecular weight is 177 g/mol. The van der Waals surface area contributed by atoms with Crippen LogP contribution in [0.1, 0.15) is 24.2 Å². The van der Waals surface area contributed by atoms with Crippen molar-refractivity contribution in [3.63, 3.8) is 0 Å². The second kappa shape index (κ2) is 3.71. The first-order valence-electron chi connectivity index (χ1n) is 4.36. The van der Waals surface area contributed by atoms with Crippen LogP contribution in [0.5, 0.6) is 0 Å². The molecule has 1 rings (SSSR count). The molecule has 0 aromatic heterocycles. The zero-order chi connectivity index (χ0) is 9.90. The second-order valence-electron chi connectivity index (χ2n) is 3.57. The van der Waals surface area contributed by atoms with Crippen LogP contribution >= 0.6 is 0 Å². The number of Topliss-reactive ketones (excluding diaryl/α,β-unsaturated/α-hetero) is 1. The largest absolute Gasteiger partial charge is 0.308 e. The molecule has 70 valence electrons. The fourth-order valence-corrected chi connectivity index (χ4v) is 1.06. The van der Waals surface area contributed by atoms with E-state index in [4.69, 9.17) is 0 Å². The van der Waals surface area contributed by atoms with Gasteiger partial charge < -0.3 is 5.32 Å². The van der Waals surface area contributed by atoms with Crippen molar-refractivity contribution in [2.75, 3.05) is 7.05 Å².